The first-order chi connectivity index (χ1) is 10.9. The molecular formula is C17H15N5. The molecule has 0 atom stereocenters. The lowest BCUT2D eigenvalue weighted by Gasteiger charge is -2.28. The van der Waals surface area contributed by atoms with Crippen molar-refractivity contribution in [3.63, 3.8) is 0 Å². The lowest BCUT2D eigenvalue weighted by Crippen LogP contribution is -2.43. The number of fused-ring (bicyclic) bond motifs is 2. The van der Waals surface area contributed by atoms with Gasteiger partial charge in [0.15, 0.2) is 0 Å². The topological polar surface area (TPSA) is 58.5 Å². The summed E-state index contributed by atoms with van der Waals surface area (Å²) in [6.07, 6.45) is 5.74. The van der Waals surface area contributed by atoms with Crippen LogP contribution in [0.1, 0.15) is 6.04 Å². The second kappa shape index (κ2) is 4.42. The normalized spacial score (nSPS) is 15.5. The monoisotopic (exact) mass is 289 g/mol. The minimum absolute atomic E-state index is 0.518. The minimum Gasteiger partial charge on any atom is -0.346 e. The highest BCUT2D eigenvalue weighted by molar-refractivity contribution is 5.95. The molecule has 3 aromatic heterocycles. The number of hydrogen-bond acceptors (Lipinski definition) is 3. The molecule has 1 fully saturated rings. The van der Waals surface area contributed by atoms with E-state index in [4.69, 9.17) is 0 Å². The summed E-state index contributed by atoms with van der Waals surface area (Å²) < 4.78 is 2.28. The van der Waals surface area contributed by atoms with Gasteiger partial charge in [0.25, 0.3) is 0 Å². The van der Waals surface area contributed by atoms with E-state index in [1.165, 1.54) is 16.6 Å². The van der Waals surface area contributed by atoms with Crippen LogP contribution in [-0.2, 0) is 0 Å². The lowest BCUT2D eigenvalue weighted by molar-refractivity contribution is 0.350. The summed E-state index contributed by atoms with van der Waals surface area (Å²) in [6.45, 7) is 2.04. The summed E-state index contributed by atoms with van der Waals surface area (Å²) in [4.78, 5) is 12.1. The van der Waals surface area contributed by atoms with Crippen molar-refractivity contribution in [2.24, 2.45) is 0 Å². The standard InChI is InChI=1S/C17H15N5/c1-2-15-16(22(10-21-15)12-8-18-9-12)7-11(1)13-3-5-19-17-14(13)4-6-20-17/h1-7,10,12,18H,8-9H2,(H,19,20). The molecule has 0 unspecified atom stereocenters. The van der Waals surface area contributed by atoms with E-state index in [0.29, 0.717) is 6.04 Å². The van der Waals surface area contributed by atoms with Crippen molar-refractivity contribution in [1.29, 1.82) is 0 Å². The molecule has 5 heteroatoms. The number of pyridine rings is 1. The molecule has 5 nitrogen and oxygen atoms in total. The van der Waals surface area contributed by atoms with Crippen molar-refractivity contribution in [1.82, 2.24) is 24.8 Å². The summed E-state index contributed by atoms with van der Waals surface area (Å²) in [7, 11) is 0. The fraction of sp³-hybridized carbons (Fsp3) is 0.176. The van der Waals surface area contributed by atoms with E-state index in [9.17, 15) is 0 Å². The Bertz CT molecular complexity index is 977. The SMILES string of the molecule is c1cc(-c2ccc3ncn(C4CNC4)c3c2)c2cc[nH]c2n1. The van der Waals surface area contributed by atoms with Crippen molar-refractivity contribution in [3.8, 4) is 11.1 Å². The van der Waals surface area contributed by atoms with Crippen LogP contribution in [0.15, 0.2) is 49.1 Å². The third-order valence-corrected chi connectivity index (χ3v) is 4.50. The van der Waals surface area contributed by atoms with Crippen LogP contribution >= 0.6 is 0 Å². The minimum atomic E-state index is 0.518. The van der Waals surface area contributed by atoms with Crippen LogP contribution in [0.25, 0.3) is 33.2 Å². The Morgan fingerprint density at radius 1 is 1.09 bits per heavy atom. The first-order valence-corrected chi connectivity index (χ1v) is 7.50. The van der Waals surface area contributed by atoms with Gasteiger partial charge in [0.1, 0.15) is 5.65 Å². The quantitative estimate of drug-likeness (QED) is 0.596. The number of aromatic amines is 1. The zero-order valence-electron chi connectivity index (χ0n) is 12.0. The number of rotatable bonds is 2. The van der Waals surface area contributed by atoms with E-state index in [-0.39, 0.29) is 0 Å². The van der Waals surface area contributed by atoms with Crippen LogP contribution in [-0.4, -0.2) is 32.6 Å². The van der Waals surface area contributed by atoms with Gasteiger partial charge in [0.2, 0.25) is 0 Å². The van der Waals surface area contributed by atoms with Crippen molar-refractivity contribution in [2.45, 2.75) is 6.04 Å². The van der Waals surface area contributed by atoms with Crippen LogP contribution in [0.5, 0.6) is 0 Å². The van der Waals surface area contributed by atoms with Gasteiger partial charge >= 0.3 is 0 Å². The third kappa shape index (κ3) is 1.63. The van der Waals surface area contributed by atoms with Crippen LogP contribution in [0.2, 0.25) is 0 Å². The average Bonchev–Trinajstić information content (AvgIpc) is 3.12. The molecule has 4 aromatic rings. The van der Waals surface area contributed by atoms with Gasteiger partial charge < -0.3 is 14.9 Å². The fourth-order valence-electron chi connectivity index (χ4n) is 3.17. The average molecular weight is 289 g/mol. The molecule has 4 heterocycles. The predicted octanol–water partition coefficient (Wildman–Crippen LogP) is 2.72. The molecular weight excluding hydrogens is 274 g/mol. The van der Waals surface area contributed by atoms with Gasteiger partial charge in [-0.15, -0.1) is 0 Å². The molecule has 1 aromatic carbocycles. The number of hydrogen-bond donors (Lipinski definition) is 2. The second-order valence-corrected chi connectivity index (χ2v) is 5.77. The maximum absolute atomic E-state index is 4.53. The van der Waals surface area contributed by atoms with Crippen molar-refractivity contribution < 1.29 is 0 Å². The van der Waals surface area contributed by atoms with Gasteiger partial charge in [-0.1, -0.05) is 6.07 Å². The van der Waals surface area contributed by atoms with E-state index in [2.05, 4.69) is 55.2 Å². The molecule has 0 saturated carbocycles. The van der Waals surface area contributed by atoms with E-state index in [1.54, 1.807) is 0 Å². The van der Waals surface area contributed by atoms with E-state index in [0.717, 1.165) is 29.6 Å². The van der Waals surface area contributed by atoms with Crippen LogP contribution < -0.4 is 5.32 Å². The third-order valence-electron chi connectivity index (χ3n) is 4.50. The number of aromatic nitrogens is 4. The molecule has 0 aliphatic carbocycles. The lowest BCUT2D eigenvalue weighted by atomic mass is 10.0. The van der Waals surface area contributed by atoms with Crippen molar-refractivity contribution >= 4 is 22.1 Å². The van der Waals surface area contributed by atoms with Crippen molar-refractivity contribution in [3.05, 3.63) is 49.1 Å². The molecule has 1 aliphatic rings. The number of benzene rings is 1. The van der Waals surface area contributed by atoms with Gasteiger partial charge in [0.05, 0.1) is 23.4 Å². The Hall–Kier alpha value is -2.66. The highest BCUT2D eigenvalue weighted by Gasteiger charge is 2.20. The van der Waals surface area contributed by atoms with Crippen LogP contribution in [0.3, 0.4) is 0 Å². The maximum atomic E-state index is 4.53. The van der Waals surface area contributed by atoms with Crippen molar-refractivity contribution in [2.75, 3.05) is 13.1 Å². The zero-order chi connectivity index (χ0) is 14.5. The Labute approximate surface area is 127 Å². The zero-order valence-corrected chi connectivity index (χ0v) is 12.0. The summed E-state index contributed by atoms with van der Waals surface area (Å²) >= 11 is 0. The molecule has 108 valence electrons. The molecule has 5 rings (SSSR count). The van der Waals surface area contributed by atoms with Gasteiger partial charge in [-0.05, 0) is 35.4 Å². The number of imidazole rings is 1. The van der Waals surface area contributed by atoms with Crippen LogP contribution in [0.4, 0.5) is 0 Å². The van der Waals surface area contributed by atoms with E-state index in [1.807, 2.05) is 18.7 Å². The molecule has 1 saturated heterocycles. The predicted molar refractivity (Wildman–Crippen MR) is 86.7 cm³/mol. The van der Waals surface area contributed by atoms with Gasteiger partial charge in [-0.2, -0.15) is 0 Å². The summed E-state index contributed by atoms with van der Waals surface area (Å²) in [5.74, 6) is 0. The molecule has 0 amide bonds. The summed E-state index contributed by atoms with van der Waals surface area (Å²) in [5, 5.41) is 4.47. The maximum Gasteiger partial charge on any atom is 0.137 e. The summed E-state index contributed by atoms with van der Waals surface area (Å²) in [6, 6.07) is 11.2. The highest BCUT2D eigenvalue weighted by atomic mass is 15.2. The van der Waals surface area contributed by atoms with E-state index >= 15 is 0 Å². The summed E-state index contributed by atoms with van der Waals surface area (Å²) in [5.41, 5.74) is 5.58. The van der Waals surface area contributed by atoms with Gasteiger partial charge in [-0.3, -0.25) is 0 Å². The molecule has 0 radical (unpaired) electrons. The number of H-pyrrole nitrogens is 1. The highest BCUT2D eigenvalue weighted by Crippen LogP contribution is 2.30. The van der Waals surface area contributed by atoms with E-state index < -0.39 is 0 Å². The molecule has 0 bridgehead atoms. The van der Waals surface area contributed by atoms with Crippen LogP contribution in [0, 0.1) is 0 Å². The largest absolute Gasteiger partial charge is 0.346 e. The second-order valence-electron chi connectivity index (χ2n) is 5.77. The smallest absolute Gasteiger partial charge is 0.137 e. The van der Waals surface area contributed by atoms with Gasteiger partial charge in [-0.25, -0.2) is 9.97 Å². The number of nitrogens with one attached hydrogen (secondary N) is 2. The Morgan fingerprint density at radius 2 is 2.05 bits per heavy atom. The molecule has 1 aliphatic heterocycles. The molecule has 22 heavy (non-hydrogen) atoms. The Kier molecular flexibility index (Phi) is 2.40. The van der Waals surface area contributed by atoms with Gasteiger partial charge in [0, 0.05) is 30.9 Å². The first-order valence-electron chi connectivity index (χ1n) is 7.50. The molecule has 2 N–H and O–H groups in total. The molecule has 0 spiro atoms. The first kappa shape index (κ1) is 11.9. The fourth-order valence-corrected chi connectivity index (χ4v) is 3.17. The Balaban J connectivity index is 1.72. The Morgan fingerprint density at radius 3 is 2.91 bits per heavy atom. The number of nitrogens with zero attached hydrogens (tertiary/aromatic N) is 3.